The normalized spacial score (nSPS) is 18.2. The molecule has 1 saturated heterocycles. The molecule has 1 aliphatic rings. The number of aromatic nitrogens is 2. The van der Waals surface area contributed by atoms with Crippen molar-refractivity contribution in [2.75, 3.05) is 26.8 Å². The van der Waals surface area contributed by atoms with Crippen LogP contribution < -0.4 is 10.1 Å². The lowest BCUT2D eigenvalue weighted by molar-refractivity contribution is -0.125. The van der Waals surface area contributed by atoms with E-state index in [1.54, 1.807) is 42.7 Å². The first-order valence-corrected chi connectivity index (χ1v) is 10.2. The van der Waals surface area contributed by atoms with E-state index in [-0.39, 0.29) is 24.5 Å². The third-order valence-electron chi connectivity index (χ3n) is 5.24. The van der Waals surface area contributed by atoms with Crippen LogP contribution in [-0.4, -0.2) is 65.6 Å². The van der Waals surface area contributed by atoms with E-state index in [0.29, 0.717) is 31.0 Å². The largest absolute Gasteiger partial charge is 0.487 e. The highest BCUT2D eigenvalue weighted by Gasteiger charge is 2.41. The molecule has 3 aromatic rings. The first-order chi connectivity index (χ1) is 15.2. The van der Waals surface area contributed by atoms with Crippen LogP contribution in [0, 0.1) is 0 Å². The smallest absolute Gasteiger partial charge is 0.273 e. The van der Waals surface area contributed by atoms with Crippen molar-refractivity contribution in [2.45, 2.75) is 18.6 Å². The van der Waals surface area contributed by atoms with Crippen molar-refractivity contribution in [3.8, 4) is 5.75 Å². The van der Waals surface area contributed by atoms with Crippen LogP contribution in [-0.2, 0) is 9.53 Å². The number of pyridine rings is 2. The minimum absolute atomic E-state index is 0.233. The Balaban J connectivity index is 1.59. The van der Waals surface area contributed by atoms with Crippen LogP contribution in [0.4, 0.5) is 0 Å². The molecule has 31 heavy (non-hydrogen) atoms. The zero-order valence-corrected chi connectivity index (χ0v) is 17.2. The number of hydrogen-bond donors (Lipinski definition) is 1. The van der Waals surface area contributed by atoms with Crippen LogP contribution in [0.1, 0.15) is 16.9 Å². The number of nitrogens with one attached hydrogen (secondary N) is 1. The Morgan fingerprint density at radius 2 is 2.03 bits per heavy atom. The van der Waals surface area contributed by atoms with E-state index in [1.165, 1.54) is 0 Å². The first kappa shape index (κ1) is 20.7. The van der Waals surface area contributed by atoms with E-state index < -0.39 is 6.04 Å². The molecule has 0 bridgehead atoms. The summed E-state index contributed by atoms with van der Waals surface area (Å²) in [7, 11) is 1.57. The molecule has 0 aliphatic carbocycles. The number of carbonyl (C=O) groups is 2. The van der Waals surface area contributed by atoms with E-state index >= 15 is 0 Å². The summed E-state index contributed by atoms with van der Waals surface area (Å²) in [5.41, 5.74) is 0.329. The summed E-state index contributed by atoms with van der Waals surface area (Å²) < 4.78 is 11.0. The second-order valence-corrected chi connectivity index (χ2v) is 7.30. The van der Waals surface area contributed by atoms with Crippen molar-refractivity contribution in [1.82, 2.24) is 20.2 Å². The number of hydrogen-bond acceptors (Lipinski definition) is 6. The molecule has 1 aliphatic heterocycles. The monoisotopic (exact) mass is 420 g/mol. The highest BCUT2D eigenvalue weighted by atomic mass is 16.5. The zero-order chi connectivity index (χ0) is 21.6. The lowest BCUT2D eigenvalue weighted by Gasteiger charge is -2.23. The lowest BCUT2D eigenvalue weighted by Crippen LogP contribution is -2.46. The maximum absolute atomic E-state index is 13.5. The highest BCUT2D eigenvalue weighted by Crippen LogP contribution is 2.26. The third kappa shape index (κ3) is 4.64. The first-order valence-electron chi connectivity index (χ1n) is 10.2. The quantitative estimate of drug-likeness (QED) is 0.588. The Hall–Kier alpha value is -3.52. The molecule has 8 heteroatoms. The number of rotatable bonds is 7. The molecular formula is C23H24N4O4. The maximum atomic E-state index is 13.5. The molecule has 2 aromatic heterocycles. The van der Waals surface area contributed by atoms with E-state index in [4.69, 9.17) is 9.47 Å². The SMILES string of the molecule is COCCNC(=O)[C@@H]1C[C@H](Oc2cccnc2)CN1C(=O)c1nccc2ccccc12. The molecule has 2 amide bonds. The van der Waals surface area contributed by atoms with Gasteiger partial charge in [-0.25, -0.2) is 0 Å². The second-order valence-electron chi connectivity index (χ2n) is 7.30. The fourth-order valence-electron chi connectivity index (χ4n) is 3.79. The van der Waals surface area contributed by atoms with Crippen molar-refractivity contribution < 1.29 is 19.1 Å². The number of amides is 2. The van der Waals surface area contributed by atoms with Gasteiger partial charge in [-0.2, -0.15) is 0 Å². The van der Waals surface area contributed by atoms with Crippen LogP contribution in [0.3, 0.4) is 0 Å². The maximum Gasteiger partial charge on any atom is 0.273 e. The Morgan fingerprint density at radius 3 is 2.84 bits per heavy atom. The number of benzene rings is 1. The van der Waals surface area contributed by atoms with E-state index in [9.17, 15) is 9.59 Å². The number of nitrogens with zero attached hydrogens (tertiary/aromatic N) is 3. The molecule has 3 heterocycles. The molecule has 1 N–H and O–H groups in total. The Labute approximate surface area is 180 Å². The van der Waals surface area contributed by atoms with Gasteiger partial charge >= 0.3 is 0 Å². The summed E-state index contributed by atoms with van der Waals surface area (Å²) in [5, 5.41) is 4.51. The van der Waals surface area contributed by atoms with Gasteiger partial charge in [-0.15, -0.1) is 0 Å². The van der Waals surface area contributed by atoms with Gasteiger partial charge in [-0.3, -0.25) is 19.6 Å². The third-order valence-corrected chi connectivity index (χ3v) is 5.24. The summed E-state index contributed by atoms with van der Waals surface area (Å²) in [5.74, 6) is 0.0764. The summed E-state index contributed by atoms with van der Waals surface area (Å²) in [6, 6.07) is 12.4. The fraction of sp³-hybridized carbons (Fsp3) is 0.304. The van der Waals surface area contributed by atoms with Crippen molar-refractivity contribution >= 4 is 22.6 Å². The van der Waals surface area contributed by atoms with Gasteiger partial charge in [0.2, 0.25) is 5.91 Å². The predicted octanol–water partition coefficient (Wildman–Crippen LogP) is 2.05. The molecule has 0 unspecified atom stereocenters. The highest BCUT2D eigenvalue weighted by molar-refractivity contribution is 6.06. The average Bonchev–Trinajstić information content (AvgIpc) is 3.23. The van der Waals surface area contributed by atoms with Gasteiger partial charge < -0.3 is 19.7 Å². The minimum Gasteiger partial charge on any atom is -0.487 e. The van der Waals surface area contributed by atoms with Gasteiger partial charge in [-0.05, 0) is 23.6 Å². The average molecular weight is 420 g/mol. The molecule has 1 fully saturated rings. The molecule has 0 saturated carbocycles. The van der Waals surface area contributed by atoms with Crippen molar-refractivity contribution in [3.63, 3.8) is 0 Å². The molecular weight excluding hydrogens is 396 g/mol. The second kappa shape index (κ2) is 9.53. The number of ether oxygens (including phenoxy) is 2. The molecule has 1 aromatic carbocycles. The van der Waals surface area contributed by atoms with Crippen LogP contribution >= 0.6 is 0 Å². The van der Waals surface area contributed by atoms with Crippen molar-refractivity contribution in [2.24, 2.45) is 0 Å². The predicted molar refractivity (Wildman–Crippen MR) is 115 cm³/mol. The van der Waals surface area contributed by atoms with Crippen LogP contribution in [0.25, 0.3) is 10.8 Å². The number of likely N-dealkylation sites (tertiary alicyclic amines) is 1. The lowest BCUT2D eigenvalue weighted by atomic mass is 10.1. The summed E-state index contributed by atoms with van der Waals surface area (Å²) in [6.45, 7) is 1.04. The van der Waals surface area contributed by atoms with Crippen LogP contribution in [0.2, 0.25) is 0 Å². The van der Waals surface area contributed by atoms with E-state index in [0.717, 1.165) is 10.8 Å². The molecule has 8 nitrogen and oxygen atoms in total. The molecule has 0 radical (unpaired) electrons. The fourth-order valence-corrected chi connectivity index (χ4v) is 3.79. The Morgan fingerprint density at radius 1 is 1.16 bits per heavy atom. The summed E-state index contributed by atoms with van der Waals surface area (Å²) in [4.78, 5) is 36.3. The van der Waals surface area contributed by atoms with Gasteiger partial charge in [0.05, 0.1) is 19.3 Å². The molecule has 4 rings (SSSR count). The number of methoxy groups -OCH3 is 1. The van der Waals surface area contributed by atoms with Crippen LogP contribution in [0.5, 0.6) is 5.75 Å². The van der Waals surface area contributed by atoms with Gasteiger partial charge in [0, 0.05) is 37.9 Å². The van der Waals surface area contributed by atoms with E-state index in [1.807, 2.05) is 30.3 Å². The number of carbonyl (C=O) groups excluding carboxylic acids is 2. The van der Waals surface area contributed by atoms with Crippen LogP contribution in [0.15, 0.2) is 61.1 Å². The molecule has 2 atom stereocenters. The standard InChI is InChI=1S/C23H24N4O4/c1-30-12-11-26-22(28)20-13-18(31-17-6-4-9-24-14-17)15-27(20)23(29)21-19-7-3-2-5-16(19)8-10-25-21/h2-10,14,18,20H,11-13,15H2,1H3,(H,26,28)/t18-,20-/m0/s1. The van der Waals surface area contributed by atoms with Gasteiger partial charge in [-0.1, -0.05) is 24.3 Å². The van der Waals surface area contributed by atoms with Gasteiger partial charge in [0.15, 0.2) is 0 Å². The van der Waals surface area contributed by atoms with E-state index in [2.05, 4.69) is 15.3 Å². The Bertz CT molecular complexity index is 1050. The minimum atomic E-state index is -0.660. The number of fused-ring (bicyclic) bond motifs is 1. The summed E-state index contributed by atoms with van der Waals surface area (Å²) in [6.07, 6.45) is 4.94. The Kier molecular flexibility index (Phi) is 6.37. The molecule has 0 spiro atoms. The zero-order valence-electron chi connectivity index (χ0n) is 17.2. The topological polar surface area (TPSA) is 93.7 Å². The molecule has 160 valence electrons. The van der Waals surface area contributed by atoms with Crippen molar-refractivity contribution in [1.29, 1.82) is 0 Å². The van der Waals surface area contributed by atoms with Gasteiger partial charge in [0.25, 0.3) is 5.91 Å². The van der Waals surface area contributed by atoms with Crippen molar-refractivity contribution in [3.05, 3.63) is 66.7 Å². The summed E-state index contributed by atoms with van der Waals surface area (Å²) >= 11 is 0. The van der Waals surface area contributed by atoms with Gasteiger partial charge in [0.1, 0.15) is 23.6 Å².